The summed E-state index contributed by atoms with van der Waals surface area (Å²) in [5, 5.41) is 6.62. The Bertz CT molecular complexity index is 278. The fourth-order valence-electron chi connectivity index (χ4n) is 3.00. The molecule has 0 spiro atoms. The number of morpholine rings is 1. The van der Waals surface area contributed by atoms with Crippen LogP contribution in [0.25, 0.3) is 0 Å². The van der Waals surface area contributed by atoms with Crippen molar-refractivity contribution in [2.24, 2.45) is 10.9 Å². The van der Waals surface area contributed by atoms with Crippen molar-refractivity contribution in [3.05, 3.63) is 0 Å². The van der Waals surface area contributed by atoms with E-state index in [2.05, 4.69) is 43.2 Å². The van der Waals surface area contributed by atoms with Crippen LogP contribution in [-0.4, -0.2) is 62.8 Å². The molecule has 1 rings (SSSR count). The van der Waals surface area contributed by atoms with Crippen LogP contribution in [0.4, 0.5) is 0 Å². The third-order valence-electron chi connectivity index (χ3n) is 4.23. The molecule has 0 saturated carbocycles. The topological polar surface area (TPSA) is 48.9 Å². The molecule has 0 aromatic rings. The van der Waals surface area contributed by atoms with E-state index in [0.717, 1.165) is 51.9 Å². The fraction of sp³-hybridized carbons (Fsp3) is 0.938. The second-order valence-corrected chi connectivity index (χ2v) is 5.54. The van der Waals surface area contributed by atoms with Crippen molar-refractivity contribution in [2.75, 3.05) is 45.9 Å². The van der Waals surface area contributed by atoms with Crippen LogP contribution in [0.15, 0.2) is 4.99 Å². The molecule has 0 aliphatic carbocycles. The normalized spacial score (nSPS) is 17.6. The minimum Gasteiger partial charge on any atom is -0.379 e. The molecule has 5 heteroatoms. The van der Waals surface area contributed by atoms with Crippen LogP contribution in [0.1, 0.15) is 40.5 Å². The van der Waals surface area contributed by atoms with Crippen LogP contribution in [0.2, 0.25) is 0 Å². The molecule has 124 valence electrons. The zero-order chi connectivity index (χ0) is 15.5. The summed E-state index contributed by atoms with van der Waals surface area (Å²) >= 11 is 0. The average molecular weight is 298 g/mol. The predicted molar refractivity (Wildman–Crippen MR) is 89.9 cm³/mol. The molecule has 1 atom stereocenters. The summed E-state index contributed by atoms with van der Waals surface area (Å²) < 4.78 is 5.50. The molecule has 0 bridgehead atoms. The number of rotatable bonds is 8. The van der Waals surface area contributed by atoms with Crippen LogP contribution in [-0.2, 0) is 4.74 Å². The standard InChI is InChI=1S/C16H34N4O/c1-5-14(6-2)15(20-9-11-21-12-10-20)13-19-16(17-7-3)18-8-4/h14-15H,5-13H2,1-4H3,(H2,17,18,19). The molecular weight excluding hydrogens is 264 g/mol. The molecule has 2 N–H and O–H groups in total. The highest BCUT2D eigenvalue weighted by atomic mass is 16.5. The molecule has 1 aliphatic heterocycles. The minimum absolute atomic E-state index is 0.524. The van der Waals surface area contributed by atoms with Gasteiger partial charge in [0.1, 0.15) is 0 Å². The fourth-order valence-corrected chi connectivity index (χ4v) is 3.00. The predicted octanol–water partition coefficient (Wildman–Crippen LogP) is 1.70. The number of aliphatic imine (C=N–C) groups is 1. The number of guanidine groups is 1. The first-order valence-electron chi connectivity index (χ1n) is 8.60. The second-order valence-electron chi connectivity index (χ2n) is 5.54. The molecule has 21 heavy (non-hydrogen) atoms. The Morgan fingerprint density at radius 2 is 1.62 bits per heavy atom. The number of hydrogen-bond acceptors (Lipinski definition) is 3. The first-order valence-corrected chi connectivity index (χ1v) is 8.60. The van der Waals surface area contributed by atoms with E-state index in [-0.39, 0.29) is 0 Å². The van der Waals surface area contributed by atoms with Gasteiger partial charge in [-0.3, -0.25) is 9.89 Å². The summed E-state index contributed by atoms with van der Waals surface area (Å²) in [7, 11) is 0. The third-order valence-corrected chi connectivity index (χ3v) is 4.23. The lowest BCUT2D eigenvalue weighted by molar-refractivity contribution is 0.00395. The van der Waals surface area contributed by atoms with Gasteiger partial charge in [0.2, 0.25) is 0 Å². The van der Waals surface area contributed by atoms with Crippen molar-refractivity contribution in [1.82, 2.24) is 15.5 Å². The monoisotopic (exact) mass is 298 g/mol. The Balaban J connectivity index is 2.72. The van der Waals surface area contributed by atoms with Gasteiger partial charge in [-0.05, 0) is 19.8 Å². The third kappa shape index (κ3) is 6.22. The van der Waals surface area contributed by atoms with Crippen LogP contribution in [0.5, 0.6) is 0 Å². The number of nitrogens with one attached hydrogen (secondary N) is 2. The van der Waals surface area contributed by atoms with Gasteiger partial charge in [0.05, 0.1) is 19.8 Å². The maximum Gasteiger partial charge on any atom is 0.191 e. The Hall–Kier alpha value is -0.810. The molecule has 1 unspecified atom stereocenters. The smallest absolute Gasteiger partial charge is 0.191 e. The second kappa shape index (κ2) is 10.9. The van der Waals surface area contributed by atoms with Crippen molar-refractivity contribution in [3.8, 4) is 0 Å². The SMILES string of the molecule is CCNC(=NCC(C(CC)CC)N1CCOCC1)NCC. The van der Waals surface area contributed by atoms with Crippen LogP contribution >= 0.6 is 0 Å². The zero-order valence-electron chi connectivity index (χ0n) is 14.3. The maximum absolute atomic E-state index is 5.50. The highest BCUT2D eigenvalue weighted by molar-refractivity contribution is 5.79. The van der Waals surface area contributed by atoms with E-state index >= 15 is 0 Å². The summed E-state index contributed by atoms with van der Waals surface area (Å²) in [6.07, 6.45) is 2.43. The summed E-state index contributed by atoms with van der Waals surface area (Å²) in [4.78, 5) is 7.38. The maximum atomic E-state index is 5.50. The highest BCUT2D eigenvalue weighted by Gasteiger charge is 2.26. The molecule has 5 nitrogen and oxygen atoms in total. The van der Waals surface area contributed by atoms with Crippen molar-refractivity contribution in [1.29, 1.82) is 0 Å². The van der Waals surface area contributed by atoms with Gasteiger partial charge < -0.3 is 15.4 Å². The van der Waals surface area contributed by atoms with Gasteiger partial charge in [0.15, 0.2) is 5.96 Å². The Labute approximate surface area is 130 Å². The summed E-state index contributed by atoms with van der Waals surface area (Å²) in [6.45, 7) is 15.2. The highest BCUT2D eigenvalue weighted by Crippen LogP contribution is 2.20. The van der Waals surface area contributed by atoms with Crippen molar-refractivity contribution in [2.45, 2.75) is 46.6 Å². The lowest BCUT2D eigenvalue weighted by Gasteiger charge is -2.38. The molecule has 0 aromatic heterocycles. The molecular formula is C16H34N4O. The molecule has 1 saturated heterocycles. The lowest BCUT2D eigenvalue weighted by atomic mass is 9.92. The van der Waals surface area contributed by atoms with Crippen molar-refractivity contribution in [3.63, 3.8) is 0 Å². The van der Waals surface area contributed by atoms with Gasteiger partial charge >= 0.3 is 0 Å². The van der Waals surface area contributed by atoms with Gasteiger partial charge in [-0.15, -0.1) is 0 Å². The van der Waals surface area contributed by atoms with Crippen LogP contribution in [0.3, 0.4) is 0 Å². The number of hydrogen-bond donors (Lipinski definition) is 2. The van der Waals surface area contributed by atoms with Gasteiger partial charge in [-0.1, -0.05) is 26.7 Å². The van der Waals surface area contributed by atoms with Gasteiger partial charge in [-0.2, -0.15) is 0 Å². The van der Waals surface area contributed by atoms with Crippen LogP contribution in [0, 0.1) is 5.92 Å². The molecule has 1 fully saturated rings. The largest absolute Gasteiger partial charge is 0.379 e. The van der Waals surface area contributed by atoms with Crippen molar-refractivity contribution < 1.29 is 4.74 Å². The van der Waals surface area contributed by atoms with Crippen molar-refractivity contribution >= 4 is 5.96 Å². The number of nitrogens with zero attached hydrogens (tertiary/aromatic N) is 2. The Morgan fingerprint density at radius 1 is 1.05 bits per heavy atom. The average Bonchev–Trinajstić information content (AvgIpc) is 2.52. The van der Waals surface area contributed by atoms with E-state index in [9.17, 15) is 0 Å². The Kier molecular flexibility index (Phi) is 9.42. The lowest BCUT2D eigenvalue weighted by Crippen LogP contribution is -2.49. The van der Waals surface area contributed by atoms with Gasteiger partial charge in [0.25, 0.3) is 0 Å². The van der Waals surface area contributed by atoms with Gasteiger partial charge in [0, 0.05) is 32.2 Å². The van der Waals surface area contributed by atoms with E-state index in [1.165, 1.54) is 12.8 Å². The van der Waals surface area contributed by atoms with E-state index in [1.807, 2.05) is 0 Å². The van der Waals surface area contributed by atoms with Crippen LogP contribution < -0.4 is 10.6 Å². The summed E-state index contributed by atoms with van der Waals surface area (Å²) in [6, 6.07) is 0.524. The number of ether oxygens (including phenoxy) is 1. The van der Waals surface area contributed by atoms with Gasteiger partial charge in [-0.25, -0.2) is 0 Å². The first kappa shape index (κ1) is 18.2. The first-order chi connectivity index (χ1) is 10.3. The Morgan fingerprint density at radius 3 is 2.10 bits per heavy atom. The van der Waals surface area contributed by atoms with E-state index in [0.29, 0.717) is 12.0 Å². The summed E-state index contributed by atoms with van der Waals surface area (Å²) in [5.74, 6) is 1.64. The van der Waals surface area contributed by atoms with E-state index in [1.54, 1.807) is 0 Å². The molecule has 0 aromatic carbocycles. The molecule has 0 amide bonds. The minimum atomic E-state index is 0.524. The zero-order valence-corrected chi connectivity index (χ0v) is 14.3. The molecule has 0 radical (unpaired) electrons. The summed E-state index contributed by atoms with van der Waals surface area (Å²) in [5.41, 5.74) is 0. The molecule has 1 aliphatic rings. The quantitative estimate of drug-likeness (QED) is 0.529. The van der Waals surface area contributed by atoms with E-state index in [4.69, 9.17) is 9.73 Å². The van der Waals surface area contributed by atoms with E-state index < -0.39 is 0 Å². The molecule has 1 heterocycles.